The first kappa shape index (κ1) is 14.0. The monoisotopic (exact) mass is 199 g/mol. The van der Waals surface area contributed by atoms with Crippen molar-refractivity contribution in [2.75, 3.05) is 6.54 Å². The van der Waals surface area contributed by atoms with E-state index in [9.17, 15) is 0 Å². The standard InChI is InChI=1S/C13H29N/c1-6-11-14-12(2)9-7-8-10-13(3,4)5/h12,14H,6-11H2,1-5H3. The Morgan fingerprint density at radius 3 is 2.29 bits per heavy atom. The fourth-order valence-corrected chi connectivity index (χ4v) is 1.60. The SMILES string of the molecule is CCCNC(C)CCCCC(C)(C)C. The molecule has 14 heavy (non-hydrogen) atoms. The van der Waals surface area contributed by atoms with E-state index in [0.717, 1.165) is 0 Å². The average molecular weight is 199 g/mol. The second-order valence-electron chi connectivity index (χ2n) is 5.66. The molecule has 0 aliphatic carbocycles. The van der Waals surface area contributed by atoms with Gasteiger partial charge in [0.05, 0.1) is 0 Å². The Kier molecular flexibility index (Phi) is 7.26. The van der Waals surface area contributed by atoms with Crippen molar-refractivity contribution in [3.05, 3.63) is 0 Å². The largest absolute Gasteiger partial charge is 0.314 e. The molecule has 0 aliphatic heterocycles. The van der Waals surface area contributed by atoms with Crippen molar-refractivity contribution in [3.8, 4) is 0 Å². The van der Waals surface area contributed by atoms with Gasteiger partial charge >= 0.3 is 0 Å². The van der Waals surface area contributed by atoms with Crippen molar-refractivity contribution in [1.82, 2.24) is 5.32 Å². The Labute approximate surface area is 90.7 Å². The maximum absolute atomic E-state index is 3.53. The fourth-order valence-electron chi connectivity index (χ4n) is 1.60. The van der Waals surface area contributed by atoms with Crippen molar-refractivity contribution < 1.29 is 0 Å². The third kappa shape index (κ3) is 10.0. The van der Waals surface area contributed by atoms with E-state index in [1.807, 2.05) is 0 Å². The van der Waals surface area contributed by atoms with E-state index >= 15 is 0 Å². The second kappa shape index (κ2) is 7.28. The van der Waals surface area contributed by atoms with E-state index in [1.54, 1.807) is 0 Å². The lowest BCUT2D eigenvalue weighted by molar-refractivity contribution is 0.351. The van der Waals surface area contributed by atoms with Crippen LogP contribution in [-0.4, -0.2) is 12.6 Å². The van der Waals surface area contributed by atoms with Crippen molar-refractivity contribution in [1.29, 1.82) is 0 Å². The minimum Gasteiger partial charge on any atom is -0.314 e. The smallest absolute Gasteiger partial charge is 0.00387 e. The van der Waals surface area contributed by atoms with Crippen LogP contribution >= 0.6 is 0 Å². The van der Waals surface area contributed by atoms with Crippen LogP contribution in [-0.2, 0) is 0 Å². The number of hydrogen-bond donors (Lipinski definition) is 1. The topological polar surface area (TPSA) is 12.0 Å². The van der Waals surface area contributed by atoms with Gasteiger partial charge in [-0.25, -0.2) is 0 Å². The molecule has 0 aromatic heterocycles. The maximum atomic E-state index is 3.53. The van der Waals surface area contributed by atoms with Crippen LogP contribution in [0.1, 0.15) is 66.7 Å². The van der Waals surface area contributed by atoms with Gasteiger partial charge in [-0.1, -0.05) is 40.5 Å². The molecule has 1 heteroatoms. The molecular weight excluding hydrogens is 170 g/mol. The zero-order valence-corrected chi connectivity index (χ0v) is 10.8. The predicted octanol–water partition coefficient (Wildman–Crippen LogP) is 3.98. The zero-order chi connectivity index (χ0) is 11.0. The highest BCUT2D eigenvalue weighted by Gasteiger charge is 2.09. The zero-order valence-electron chi connectivity index (χ0n) is 10.8. The minimum atomic E-state index is 0.514. The Balaban J connectivity index is 3.27. The molecule has 0 rings (SSSR count). The normalized spacial score (nSPS) is 14.4. The van der Waals surface area contributed by atoms with Crippen molar-refractivity contribution in [2.24, 2.45) is 5.41 Å². The van der Waals surface area contributed by atoms with E-state index in [4.69, 9.17) is 0 Å². The first-order valence-electron chi connectivity index (χ1n) is 6.19. The molecule has 0 aliphatic rings. The van der Waals surface area contributed by atoms with Crippen LogP contribution in [0.25, 0.3) is 0 Å². The third-order valence-corrected chi connectivity index (χ3v) is 2.56. The van der Waals surface area contributed by atoms with Gasteiger partial charge in [0.25, 0.3) is 0 Å². The second-order valence-corrected chi connectivity index (χ2v) is 5.66. The molecular formula is C13H29N. The van der Waals surface area contributed by atoms with Crippen LogP contribution in [0.5, 0.6) is 0 Å². The van der Waals surface area contributed by atoms with Gasteiger partial charge in [-0.3, -0.25) is 0 Å². The van der Waals surface area contributed by atoms with E-state index in [1.165, 1.54) is 38.6 Å². The molecule has 0 fully saturated rings. The highest BCUT2D eigenvalue weighted by molar-refractivity contribution is 4.64. The summed E-state index contributed by atoms with van der Waals surface area (Å²) < 4.78 is 0. The Morgan fingerprint density at radius 1 is 1.14 bits per heavy atom. The number of hydrogen-bond acceptors (Lipinski definition) is 1. The van der Waals surface area contributed by atoms with Gasteiger partial charge in [0, 0.05) is 6.04 Å². The molecule has 1 nitrogen and oxygen atoms in total. The molecule has 0 radical (unpaired) electrons. The van der Waals surface area contributed by atoms with E-state index in [-0.39, 0.29) is 0 Å². The van der Waals surface area contributed by atoms with Crippen LogP contribution in [0, 0.1) is 5.41 Å². The molecule has 0 saturated carbocycles. The van der Waals surface area contributed by atoms with Gasteiger partial charge in [-0.2, -0.15) is 0 Å². The fraction of sp³-hybridized carbons (Fsp3) is 1.00. The lowest BCUT2D eigenvalue weighted by Crippen LogP contribution is -2.26. The van der Waals surface area contributed by atoms with Crippen molar-refractivity contribution >= 4 is 0 Å². The number of nitrogens with one attached hydrogen (secondary N) is 1. The van der Waals surface area contributed by atoms with Crippen LogP contribution in [0.3, 0.4) is 0 Å². The molecule has 0 amide bonds. The predicted molar refractivity (Wildman–Crippen MR) is 65.7 cm³/mol. The summed E-state index contributed by atoms with van der Waals surface area (Å²) in [4.78, 5) is 0. The summed E-state index contributed by atoms with van der Waals surface area (Å²) >= 11 is 0. The van der Waals surface area contributed by atoms with Gasteiger partial charge in [0.1, 0.15) is 0 Å². The molecule has 1 atom stereocenters. The summed E-state index contributed by atoms with van der Waals surface area (Å²) in [5, 5.41) is 3.53. The summed E-state index contributed by atoms with van der Waals surface area (Å²) in [5.74, 6) is 0. The van der Waals surface area contributed by atoms with E-state index < -0.39 is 0 Å². The van der Waals surface area contributed by atoms with Crippen LogP contribution in [0.15, 0.2) is 0 Å². The molecule has 86 valence electrons. The van der Waals surface area contributed by atoms with Crippen molar-refractivity contribution in [2.45, 2.75) is 72.8 Å². The average Bonchev–Trinajstić information content (AvgIpc) is 2.07. The summed E-state index contributed by atoms with van der Waals surface area (Å²) in [5.41, 5.74) is 0.514. The van der Waals surface area contributed by atoms with Crippen LogP contribution < -0.4 is 5.32 Å². The van der Waals surface area contributed by atoms with Crippen LogP contribution in [0.2, 0.25) is 0 Å². The molecule has 0 saturated heterocycles. The lowest BCUT2D eigenvalue weighted by Gasteiger charge is -2.18. The summed E-state index contributed by atoms with van der Waals surface area (Å²) in [6.07, 6.45) is 6.67. The maximum Gasteiger partial charge on any atom is 0.00387 e. The van der Waals surface area contributed by atoms with Gasteiger partial charge in [-0.05, 0) is 38.1 Å². The Morgan fingerprint density at radius 2 is 1.79 bits per heavy atom. The summed E-state index contributed by atoms with van der Waals surface area (Å²) in [6.45, 7) is 12.7. The molecule has 0 aromatic rings. The molecule has 0 heterocycles. The number of rotatable bonds is 7. The van der Waals surface area contributed by atoms with Gasteiger partial charge in [-0.15, -0.1) is 0 Å². The third-order valence-electron chi connectivity index (χ3n) is 2.56. The van der Waals surface area contributed by atoms with Crippen LogP contribution in [0.4, 0.5) is 0 Å². The Hall–Kier alpha value is -0.0400. The molecule has 0 bridgehead atoms. The van der Waals surface area contributed by atoms with Gasteiger partial charge < -0.3 is 5.32 Å². The van der Waals surface area contributed by atoms with Gasteiger partial charge in [0.2, 0.25) is 0 Å². The minimum absolute atomic E-state index is 0.514. The molecule has 1 N–H and O–H groups in total. The number of unbranched alkanes of at least 4 members (excludes halogenated alkanes) is 1. The highest BCUT2D eigenvalue weighted by Crippen LogP contribution is 2.22. The molecule has 1 unspecified atom stereocenters. The quantitative estimate of drug-likeness (QED) is 0.612. The molecule has 0 aromatic carbocycles. The van der Waals surface area contributed by atoms with Crippen molar-refractivity contribution in [3.63, 3.8) is 0 Å². The highest BCUT2D eigenvalue weighted by atomic mass is 14.9. The first-order valence-corrected chi connectivity index (χ1v) is 6.19. The van der Waals surface area contributed by atoms with Gasteiger partial charge in [0.15, 0.2) is 0 Å². The van der Waals surface area contributed by atoms with E-state index in [2.05, 4.69) is 39.9 Å². The first-order chi connectivity index (χ1) is 6.45. The lowest BCUT2D eigenvalue weighted by atomic mass is 9.89. The summed E-state index contributed by atoms with van der Waals surface area (Å²) in [7, 11) is 0. The Bertz CT molecular complexity index is 124. The molecule has 0 spiro atoms. The van der Waals surface area contributed by atoms with E-state index in [0.29, 0.717) is 11.5 Å². The summed E-state index contributed by atoms with van der Waals surface area (Å²) in [6, 6.07) is 0.704.